The van der Waals surface area contributed by atoms with Crippen molar-refractivity contribution in [2.24, 2.45) is 11.8 Å². The second-order valence-electron chi connectivity index (χ2n) is 8.80. The fraction of sp³-hybridized carbons (Fsp3) is 0.478. The third-order valence-electron chi connectivity index (χ3n) is 7.36. The number of carbonyl (C=O) groups is 2. The predicted octanol–water partition coefficient (Wildman–Crippen LogP) is 1.67. The minimum absolute atomic E-state index is 0.0334. The molecule has 0 unspecified atom stereocenters. The maximum atomic E-state index is 13.1. The first-order valence-corrected chi connectivity index (χ1v) is 10.7. The Morgan fingerprint density at radius 2 is 1.83 bits per heavy atom. The van der Waals surface area contributed by atoms with Crippen molar-refractivity contribution in [1.29, 1.82) is 0 Å². The molecule has 5 rings (SSSR count). The van der Waals surface area contributed by atoms with Gasteiger partial charge in [0.1, 0.15) is 0 Å². The van der Waals surface area contributed by atoms with Crippen LogP contribution in [0, 0.1) is 11.8 Å². The molecular weight excluding hydrogens is 378 g/mol. The van der Waals surface area contributed by atoms with Gasteiger partial charge in [0.15, 0.2) is 0 Å². The summed E-state index contributed by atoms with van der Waals surface area (Å²) in [7, 11) is 1.96. The van der Waals surface area contributed by atoms with Gasteiger partial charge in [0.25, 0.3) is 5.91 Å². The number of fused-ring (bicyclic) bond motifs is 2. The van der Waals surface area contributed by atoms with Crippen LogP contribution in [0.25, 0.3) is 0 Å². The topological polar surface area (TPSA) is 69.6 Å². The molecule has 0 radical (unpaired) electrons. The molecule has 7 nitrogen and oxygen atoms in total. The minimum atomic E-state index is -0.142. The lowest BCUT2D eigenvalue weighted by molar-refractivity contribution is -0.133. The van der Waals surface area contributed by atoms with Crippen LogP contribution in [0.3, 0.4) is 0 Å². The average molecular weight is 406 g/mol. The standard InChI is InChI=1S/C23H27N5O2/c1-26-22(30)19-15-27(14-17-4-2-8-24-12-17)16-20(19)23(26)6-10-28(11-7-23)21(29)18-5-3-9-25-13-18/h2-5,8-9,12-13,19-20H,6-7,10-11,14-16H2,1H3/t19-,20+/m0/s1. The number of rotatable bonds is 3. The van der Waals surface area contributed by atoms with Crippen molar-refractivity contribution in [3.05, 3.63) is 60.2 Å². The number of amides is 2. The molecule has 30 heavy (non-hydrogen) atoms. The Hall–Kier alpha value is -2.80. The normalized spacial score (nSPS) is 25.7. The molecule has 0 saturated carbocycles. The third kappa shape index (κ3) is 3.08. The summed E-state index contributed by atoms with van der Waals surface area (Å²) in [5, 5.41) is 0. The molecule has 1 spiro atoms. The Bertz CT molecular complexity index is 927. The van der Waals surface area contributed by atoms with E-state index >= 15 is 0 Å². The molecule has 5 heterocycles. The lowest BCUT2D eigenvalue weighted by atomic mass is 9.75. The van der Waals surface area contributed by atoms with Crippen molar-refractivity contribution in [3.8, 4) is 0 Å². The summed E-state index contributed by atoms with van der Waals surface area (Å²) in [5.74, 6) is 0.682. The first kappa shape index (κ1) is 19.2. The molecular formula is C23H27N5O2. The Kier molecular flexibility index (Phi) is 4.77. The molecule has 2 amide bonds. The highest BCUT2D eigenvalue weighted by Crippen LogP contribution is 2.49. The predicted molar refractivity (Wildman–Crippen MR) is 111 cm³/mol. The molecule has 3 fully saturated rings. The minimum Gasteiger partial charge on any atom is -0.339 e. The van der Waals surface area contributed by atoms with Crippen LogP contribution in [0.2, 0.25) is 0 Å². The second kappa shape index (κ2) is 7.47. The van der Waals surface area contributed by atoms with Crippen molar-refractivity contribution in [2.45, 2.75) is 24.9 Å². The molecule has 3 saturated heterocycles. The summed E-state index contributed by atoms with van der Waals surface area (Å²) in [6.07, 6.45) is 8.67. The van der Waals surface area contributed by atoms with E-state index < -0.39 is 0 Å². The van der Waals surface area contributed by atoms with Crippen LogP contribution >= 0.6 is 0 Å². The number of aromatic nitrogens is 2. The highest BCUT2D eigenvalue weighted by molar-refractivity contribution is 5.94. The zero-order valence-electron chi connectivity index (χ0n) is 17.3. The van der Waals surface area contributed by atoms with Gasteiger partial charge in [-0.05, 0) is 36.6 Å². The Labute approximate surface area is 176 Å². The number of nitrogens with zero attached hydrogens (tertiary/aromatic N) is 5. The first-order valence-electron chi connectivity index (χ1n) is 10.7. The van der Waals surface area contributed by atoms with Gasteiger partial charge in [-0.3, -0.25) is 24.5 Å². The van der Waals surface area contributed by atoms with E-state index in [1.54, 1.807) is 24.7 Å². The van der Waals surface area contributed by atoms with Crippen molar-refractivity contribution >= 4 is 11.8 Å². The quantitative estimate of drug-likeness (QED) is 0.777. The monoisotopic (exact) mass is 405 g/mol. The van der Waals surface area contributed by atoms with Gasteiger partial charge in [-0.1, -0.05) is 6.07 Å². The van der Waals surface area contributed by atoms with Crippen LogP contribution < -0.4 is 0 Å². The summed E-state index contributed by atoms with van der Waals surface area (Å²) in [6.45, 7) is 3.92. The fourth-order valence-electron chi connectivity index (χ4n) is 5.75. The largest absolute Gasteiger partial charge is 0.339 e. The van der Waals surface area contributed by atoms with Gasteiger partial charge in [0, 0.05) is 70.5 Å². The molecule has 0 N–H and O–H groups in total. The zero-order chi connectivity index (χ0) is 20.7. The molecule has 0 bridgehead atoms. The lowest BCUT2D eigenvalue weighted by Crippen LogP contribution is -2.56. The van der Waals surface area contributed by atoms with Gasteiger partial charge in [-0.25, -0.2) is 0 Å². The fourth-order valence-corrected chi connectivity index (χ4v) is 5.75. The van der Waals surface area contributed by atoms with E-state index in [0.717, 1.165) is 32.5 Å². The molecule has 2 aromatic rings. The average Bonchev–Trinajstić information content (AvgIpc) is 3.29. The number of hydrogen-bond acceptors (Lipinski definition) is 5. The summed E-state index contributed by atoms with van der Waals surface area (Å²) in [6, 6.07) is 7.66. The summed E-state index contributed by atoms with van der Waals surface area (Å²) in [4.78, 5) is 40.5. The maximum absolute atomic E-state index is 13.1. The molecule has 0 aliphatic carbocycles. The Balaban J connectivity index is 1.30. The van der Waals surface area contributed by atoms with Crippen LogP contribution in [-0.2, 0) is 11.3 Å². The van der Waals surface area contributed by atoms with E-state index in [4.69, 9.17) is 0 Å². The van der Waals surface area contributed by atoms with Crippen LogP contribution in [0.1, 0.15) is 28.8 Å². The highest BCUT2D eigenvalue weighted by Gasteiger charge is 2.60. The van der Waals surface area contributed by atoms with E-state index in [9.17, 15) is 9.59 Å². The molecule has 3 aliphatic heterocycles. The van der Waals surface area contributed by atoms with Crippen molar-refractivity contribution in [3.63, 3.8) is 0 Å². The van der Waals surface area contributed by atoms with Crippen molar-refractivity contribution < 1.29 is 9.59 Å². The highest BCUT2D eigenvalue weighted by atomic mass is 16.2. The van der Waals surface area contributed by atoms with Crippen LogP contribution in [0.4, 0.5) is 0 Å². The molecule has 2 atom stereocenters. The molecule has 2 aromatic heterocycles. The van der Waals surface area contributed by atoms with Gasteiger partial charge in [-0.15, -0.1) is 0 Å². The zero-order valence-corrected chi connectivity index (χ0v) is 17.3. The van der Waals surface area contributed by atoms with Gasteiger partial charge >= 0.3 is 0 Å². The maximum Gasteiger partial charge on any atom is 0.255 e. The van der Waals surface area contributed by atoms with E-state index in [1.165, 1.54) is 5.56 Å². The summed E-state index contributed by atoms with van der Waals surface area (Å²) in [5.41, 5.74) is 1.67. The van der Waals surface area contributed by atoms with Gasteiger partial charge < -0.3 is 9.80 Å². The summed E-state index contributed by atoms with van der Waals surface area (Å²) < 4.78 is 0. The Morgan fingerprint density at radius 3 is 2.50 bits per heavy atom. The number of carbonyl (C=O) groups excluding carboxylic acids is 2. The lowest BCUT2D eigenvalue weighted by Gasteiger charge is -2.46. The molecule has 7 heteroatoms. The van der Waals surface area contributed by atoms with Crippen LogP contribution in [0.5, 0.6) is 0 Å². The smallest absolute Gasteiger partial charge is 0.255 e. The van der Waals surface area contributed by atoms with E-state index in [1.807, 2.05) is 35.2 Å². The van der Waals surface area contributed by atoms with Gasteiger partial charge in [-0.2, -0.15) is 0 Å². The number of pyridine rings is 2. The van der Waals surface area contributed by atoms with Gasteiger partial charge in [0.05, 0.1) is 17.0 Å². The molecule has 0 aromatic carbocycles. The van der Waals surface area contributed by atoms with Crippen LogP contribution in [0.15, 0.2) is 49.1 Å². The van der Waals surface area contributed by atoms with Crippen LogP contribution in [-0.4, -0.2) is 75.2 Å². The first-order chi connectivity index (χ1) is 14.6. The van der Waals surface area contributed by atoms with Crippen molar-refractivity contribution in [2.75, 3.05) is 33.2 Å². The van der Waals surface area contributed by atoms with E-state index in [2.05, 4.69) is 20.9 Å². The number of likely N-dealkylation sites (tertiary alicyclic amines) is 3. The SMILES string of the molecule is CN1C(=O)[C@H]2CN(Cc3cccnc3)C[C@H]2C12CCN(C(=O)c1cccnc1)CC2. The van der Waals surface area contributed by atoms with E-state index in [0.29, 0.717) is 24.6 Å². The summed E-state index contributed by atoms with van der Waals surface area (Å²) >= 11 is 0. The number of hydrogen-bond donors (Lipinski definition) is 0. The second-order valence-corrected chi connectivity index (χ2v) is 8.80. The molecule has 3 aliphatic rings. The van der Waals surface area contributed by atoms with Crippen molar-refractivity contribution in [1.82, 2.24) is 24.7 Å². The third-order valence-corrected chi connectivity index (χ3v) is 7.36. The number of piperidine rings is 1. The molecule has 156 valence electrons. The Morgan fingerprint density at radius 1 is 1.10 bits per heavy atom. The van der Waals surface area contributed by atoms with Gasteiger partial charge in [0.2, 0.25) is 5.91 Å². The van der Waals surface area contributed by atoms with E-state index in [-0.39, 0.29) is 23.3 Å².